The van der Waals surface area contributed by atoms with Crippen molar-refractivity contribution in [1.29, 1.82) is 0 Å². The topological polar surface area (TPSA) is 58.6 Å². The summed E-state index contributed by atoms with van der Waals surface area (Å²) in [5.74, 6) is -0.0764. The quantitative estimate of drug-likeness (QED) is 0.839. The summed E-state index contributed by atoms with van der Waals surface area (Å²) in [6, 6.07) is 4.42. The van der Waals surface area contributed by atoms with Gasteiger partial charge >= 0.3 is 5.97 Å². The summed E-state index contributed by atoms with van der Waals surface area (Å²) >= 11 is 0. The van der Waals surface area contributed by atoms with Crippen molar-refractivity contribution < 1.29 is 14.6 Å². The summed E-state index contributed by atoms with van der Waals surface area (Å²) < 4.78 is 5.83. The first-order valence-electron chi connectivity index (χ1n) is 7.03. The molecule has 20 heavy (non-hydrogen) atoms. The summed E-state index contributed by atoms with van der Waals surface area (Å²) in [6.07, 6.45) is 2.09. The molecule has 1 aliphatic rings. The normalized spacial score (nSPS) is 17.6. The van der Waals surface area contributed by atoms with E-state index in [0.29, 0.717) is 6.04 Å². The van der Waals surface area contributed by atoms with E-state index in [1.165, 1.54) is 5.56 Å². The van der Waals surface area contributed by atoms with Crippen LogP contribution in [-0.4, -0.2) is 29.3 Å². The Balaban J connectivity index is 2.11. The zero-order valence-corrected chi connectivity index (χ0v) is 12.6. The highest BCUT2D eigenvalue weighted by atomic mass is 16.5. The molecule has 0 spiro atoms. The summed E-state index contributed by atoms with van der Waals surface area (Å²) in [5, 5.41) is 12.6. The van der Waals surface area contributed by atoms with Gasteiger partial charge in [-0.2, -0.15) is 0 Å². The molecule has 1 aromatic carbocycles. The fourth-order valence-corrected chi connectivity index (χ4v) is 2.45. The van der Waals surface area contributed by atoms with Crippen molar-refractivity contribution in [3.63, 3.8) is 0 Å². The molecule has 4 nitrogen and oxygen atoms in total. The Kier molecular flexibility index (Phi) is 4.04. The lowest BCUT2D eigenvalue weighted by molar-refractivity contribution is -0.145. The van der Waals surface area contributed by atoms with Gasteiger partial charge in [-0.1, -0.05) is 17.7 Å². The molecule has 2 N–H and O–H groups in total. The van der Waals surface area contributed by atoms with Crippen molar-refractivity contribution in [2.75, 3.05) is 6.61 Å². The number of benzene rings is 1. The fraction of sp³-hybridized carbons (Fsp3) is 0.562. The molecule has 1 saturated carbocycles. The van der Waals surface area contributed by atoms with Crippen LogP contribution in [0.25, 0.3) is 0 Å². The first kappa shape index (κ1) is 14.9. The number of aliphatic carboxylic acids is 1. The van der Waals surface area contributed by atoms with Gasteiger partial charge in [0, 0.05) is 6.04 Å². The van der Waals surface area contributed by atoms with E-state index < -0.39 is 11.5 Å². The largest absolute Gasteiger partial charge is 0.490 e. The smallest absolute Gasteiger partial charge is 0.327 e. The van der Waals surface area contributed by atoms with E-state index >= 15 is 0 Å². The second-order valence-corrected chi connectivity index (χ2v) is 6.07. The molecule has 0 saturated heterocycles. The van der Waals surface area contributed by atoms with Crippen LogP contribution in [0.4, 0.5) is 0 Å². The zero-order valence-electron chi connectivity index (χ0n) is 12.6. The molecule has 1 aromatic rings. The number of carbonyl (C=O) groups is 1. The molecule has 2 rings (SSSR count). The lowest BCUT2D eigenvalue weighted by atomic mass is 10.0. The molecule has 1 unspecified atom stereocenters. The van der Waals surface area contributed by atoms with Gasteiger partial charge in [0.1, 0.15) is 17.9 Å². The van der Waals surface area contributed by atoms with Crippen LogP contribution in [0.5, 0.6) is 5.75 Å². The molecule has 4 heteroatoms. The molecule has 0 aliphatic heterocycles. The third kappa shape index (κ3) is 3.31. The minimum absolute atomic E-state index is 0.129. The van der Waals surface area contributed by atoms with Crippen LogP contribution in [-0.2, 0) is 4.79 Å². The average molecular weight is 277 g/mol. The van der Waals surface area contributed by atoms with Gasteiger partial charge in [-0.05, 0) is 51.7 Å². The molecule has 1 atom stereocenters. The maximum absolute atomic E-state index is 11.5. The number of carboxylic acids is 1. The van der Waals surface area contributed by atoms with Crippen LogP contribution < -0.4 is 10.1 Å². The lowest BCUT2D eigenvalue weighted by Crippen LogP contribution is -2.54. The SMILES string of the molecule is Cc1cc(C)c(OCC(C)(NC2CC2)C(=O)O)c(C)c1. The summed E-state index contributed by atoms with van der Waals surface area (Å²) in [5.41, 5.74) is 2.23. The van der Waals surface area contributed by atoms with Crippen molar-refractivity contribution in [2.45, 2.75) is 52.1 Å². The molecular weight excluding hydrogens is 254 g/mol. The summed E-state index contributed by atoms with van der Waals surface area (Å²) in [7, 11) is 0. The summed E-state index contributed by atoms with van der Waals surface area (Å²) in [4.78, 5) is 11.5. The molecule has 0 heterocycles. The predicted octanol–water partition coefficient (Wildman–Crippen LogP) is 2.59. The van der Waals surface area contributed by atoms with Crippen molar-refractivity contribution in [1.82, 2.24) is 5.32 Å². The van der Waals surface area contributed by atoms with Crippen LogP contribution in [0.15, 0.2) is 12.1 Å². The minimum atomic E-state index is -1.04. The van der Waals surface area contributed by atoms with Gasteiger partial charge in [-0.3, -0.25) is 10.1 Å². The number of rotatable bonds is 6. The Labute approximate surface area is 120 Å². The van der Waals surface area contributed by atoms with Crippen LogP contribution in [0.2, 0.25) is 0 Å². The predicted molar refractivity (Wildman–Crippen MR) is 78.3 cm³/mol. The maximum atomic E-state index is 11.5. The molecule has 0 amide bonds. The standard InChI is InChI=1S/C16H23NO3/c1-10-7-11(2)14(12(3)8-10)20-9-16(4,15(18)19)17-13-5-6-13/h7-8,13,17H,5-6,9H2,1-4H3,(H,18,19). The number of aryl methyl sites for hydroxylation is 3. The highest BCUT2D eigenvalue weighted by molar-refractivity contribution is 5.78. The zero-order chi connectivity index (χ0) is 14.9. The Morgan fingerprint density at radius 3 is 2.35 bits per heavy atom. The van der Waals surface area contributed by atoms with E-state index in [0.717, 1.165) is 29.7 Å². The average Bonchev–Trinajstić information content (AvgIpc) is 3.11. The van der Waals surface area contributed by atoms with Crippen LogP contribution in [0.3, 0.4) is 0 Å². The van der Waals surface area contributed by atoms with Gasteiger partial charge in [0.05, 0.1) is 0 Å². The second-order valence-electron chi connectivity index (χ2n) is 6.07. The van der Waals surface area contributed by atoms with Gasteiger partial charge in [0.25, 0.3) is 0 Å². The molecular formula is C16H23NO3. The molecule has 1 fully saturated rings. The molecule has 1 aliphatic carbocycles. The number of ether oxygens (including phenoxy) is 1. The van der Waals surface area contributed by atoms with Crippen LogP contribution >= 0.6 is 0 Å². The van der Waals surface area contributed by atoms with E-state index in [4.69, 9.17) is 4.74 Å². The minimum Gasteiger partial charge on any atom is -0.490 e. The monoisotopic (exact) mass is 277 g/mol. The molecule has 0 bridgehead atoms. The first-order chi connectivity index (χ1) is 9.32. The van der Waals surface area contributed by atoms with Gasteiger partial charge < -0.3 is 9.84 Å². The van der Waals surface area contributed by atoms with Gasteiger partial charge in [-0.15, -0.1) is 0 Å². The molecule has 110 valence electrons. The highest BCUT2D eigenvalue weighted by Crippen LogP contribution is 2.27. The van der Waals surface area contributed by atoms with Crippen LogP contribution in [0.1, 0.15) is 36.5 Å². The third-order valence-electron chi connectivity index (χ3n) is 3.68. The maximum Gasteiger partial charge on any atom is 0.327 e. The van der Waals surface area contributed by atoms with E-state index in [2.05, 4.69) is 17.4 Å². The number of carboxylic acid groups (broad SMARTS) is 1. The van der Waals surface area contributed by atoms with E-state index in [9.17, 15) is 9.90 Å². The number of hydrogen-bond acceptors (Lipinski definition) is 3. The Morgan fingerprint density at radius 2 is 1.90 bits per heavy atom. The summed E-state index contributed by atoms with van der Waals surface area (Å²) in [6.45, 7) is 7.83. The fourth-order valence-electron chi connectivity index (χ4n) is 2.45. The van der Waals surface area contributed by atoms with Crippen molar-refractivity contribution >= 4 is 5.97 Å². The Bertz CT molecular complexity index is 499. The van der Waals surface area contributed by atoms with E-state index in [1.54, 1.807) is 6.92 Å². The van der Waals surface area contributed by atoms with E-state index in [-0.39, 0.29) is 6.61 Å². The lowest BCUT2D eigenvalue weighted by Gasteiger charge is -2.27. The number of nitrogens with one attached hydrogen (secondary N) is 1. The Morgan fingerprint density at radius 1 is 1.35 bits per heavy atom. The van der Waals surface area contributed by atoms with Crippen molar-refractivity contribution in [2.24, 2.45) is 0 Å². The van der Waals surface area contributed by atoms with Gasteiger partial charge in [0.2, 0.25) is 0 Å². The van der Waals surface area contributed by atoms with Crippen molar-refractivity contribution in [3.8, 4) is 5.75 Å². The van der Waals surface area contributed by atoms with Gasteiger partial charge in [0.15, 0.2) is 0 Å². The van der Waals surface area contributed by atoms with Gasteiger partial charge in [-0.25, -0.2) is 0 Å². The second kappa shape index (κ2) is 5.44. The molecule has 0 radical (unpaired) electrons. The Hall–Kier alpha value is -1.55. The third-order valence-corrected chi connectivity index (χ3v) is 3.68. The van der Waals surface area contributed by atoms with Crippen molar-refractivity contribution in [3.05, 3.63) is 28.8 Å². The van der Waals surface area contributed by atoms with E-state index in [1.807, 2.05) is 20.8 Å². The molecule has 0 aromatic heterocycles. The number of hydrogen-bond donors (Lipinski definition) is 2. The first-order valence-corrected chi connectivity index (χ1v) is 7.03. The highest BCUT2D eigenvalue weighted by Gasteiger charge is 2.39. The van der Waals surface area contributed by atoms with Crippen LogP contribution in [0, 0.1) is 20.8 Å².